The Morgan fingerprint density at radius 1 is 1.08 bits per heavy atom. The van der Waals surface area contributed by atoms with Crippen LogP contribution >= 0.6 is 90.4 Å². The molecule has 26 heavy (non-hydrogen) atoms. The van der Waals surface area contributed by atoms with E-state index >= 15 is 0 Å². The van der Waals surface area contributed by atoms with Gasteiger partial charge in [0.25, 0.3) is 0 Å². The van der Waals surface area contributed by atoms with Crippen molar-refractivity contribution in [2.45, 2.75) is 6.10 Å². The van der Waals surface area contributed by atoms with E-state index in [9.17, 15) is 9.59 Å². The van der Waals surface area contributed by atoms with E-state index < -0.39 is 11.9 Å². The van der Waals surface area contributed by atoms with E-state index in [0.29, 0.717) is 28.9 Å². The Bertz CT molecular complexity index is 724. The van der Waals surface area contributed by atoms with Gasteiger partial charge in [0.2, 0.25) is 5.90 Å². The van der Waals surface area contributed by atoms with Gasteiger partial charge < -0.3 is 18.9 Å². The molecule has 1 aliphatic heterocycles. The van der Waals surface area contributed by atoms with Crippen molar-refractivity contribution < 1.29 is 28.5 Å². The molecule has 0 spiro atoms. The van der Waals surface area contributed by atoms with Crippen LogP contribution in [-0.2, 0) is 18.9 Å². The van der Waals surface area contributed by atoms with Crippen LogP contribution in [0.2, 0.25) is 0 Å². The second-order valence-electron chi connectivity index (χ2n) is 4.94. The van der Waals surface area contributed by atoms with E-state index in [1.165, 1.54) is 14.2 Å². The third kappa shape index (κ3) is 4.91. The number of alkyl halides is 1. The van der Waals surface area contributed by atoms with Crippen LogP contribution in [0.3, 0.4) is 0 Å². The Hall–Kier alpha value is 0.510. The molecule has 142 valence electrons. The van der Waals surface area contributed by atoms with E-state index in [-0.39, 0.29) is 23.8 Å². The molecular formula is C15H13I4NO6. The first-order valence-corrected chi connectivity index (χ1v) is 11.9. The third-order valence-corrected chi connectivity index (χ3v) is 7.48. The number of methoxy groups -OCH3 is 2. The molecule has 0 aliphatic carbocycles. The summed E-state index contributed by atoms with van der Waals surface area (Å²) in [6.45, 7) is 0.732. The Balaban J connectivity index is 2.68. The zero-order valence-corrected chi connectivity index (χ0v) is 22.2. The summed E-state index contributed by atoms with van der Waals surface area (Å²) < 4.78 is 23.4. The molecule has 0 radical (unpaired) electrons. The molecule has 1 fully saturated rings. The fourth-order valence-electron chi connectivity index (χ4n) is 2.11. The molecule has 1 aromatic carbocycles. The lowest BCUT2D eigenvalue weighted by Crippen LogP contribution is -2.33. The topological polar surface area (TPSA) is 83.4 Å². The number of ether oxygens (including phenoxy) is 4. The molecule has 7 nitrogen and oxygen atoms in total. The van der Waals surface area contributed by atoms with E-state index in [1.807, 2.05) is 67.8 Å². The molecule has 0 N–H and O–H groups in total. The minimum absolute atomic E-state index is 0.0811. The number of nitrogens with zero attached hydrogens (tertiary/aromatic N) is 1. The summed E-state index contributed by atoms with van der Waals surface area (Å²) in [4.78, 5) is 29.1. The van der Waals surface area contributed by atoms with Crippen LogP contribution in [0.15, 0.2) is 4.99 Å². The molecule has 1 aliphatic rings. The minimum atomic E-state index is -0.548. The first-order chi connectivity index (χ1) is 12.3. The van der Waals surface area contributed by atoms with Gasteiger partial charge in [0.15, 0.2) is 0 Å². The van der Waals surface area contributed by atoms with Crippen molar-refractivity contribution in [3.63, 3.8) is 0 Å². The fraction of sp³-hybridized carbons (Fsp3) is 0.400. The summed E-state index contributed by atoms with van der Waals surface area (Å²) in [6, 6.07) is 0. The van der Waals surface area contributed by atoms with Gasteiger partial charge in [-0.1, -0.05) is 22.6 Å². The van der Waals surface area contributed by atoms with Crippen LogP contribution < -0.4 is 0 Å². The molecular weight excluding hydrogens is 798 g/mol. The number of carbonyl (C=O) groups is 2. The van der Waals surface area contributed by atoms with Crippen LogP contribution in [0.1, 0.15) is 20.7 Å². The standard InChI is InChI=1S/C15H13I4NO6/c1-23-14(21)8-10(17)9(15(22)24-2)12(19)13(11(8)18)20-7-5-25-4-6(3-16)26-7/h6H,3-5H2,1-2H3. The van der Waals surface area contributed by atoms with Crippen LogP contribution in [-0.4, -0.2) is 55.8 Å². The Labute approximate surface area is 204 Å². The lowest BCUT2D eigenvalue weighted by atomic mass is 10.1. The van der Waals surface area contributed by atoms with Crippen LogP contribution in [0.5, 0.6) is 0 Å². The van der Waals surface area contributed by atoms with Gasteiger partial charge in [0, 0.05) is 8.00 Å². The zero-order chi connectivity index (χ0) is 19.4. The summed E-state index contributed by atoms with van der Waals surface area (Å²) in [5.74, 6) is -0.693. The van der Waals surface area contributed by atoms with Crippen molar-refractivity contribution in [1.82, 2.24) is 0 Å². The smallest absolute Gasteiger partial charge is 0.340 e. The molecule has 1 saturated heterocycles. The van der Waals surface area contributed by atoms with Gasteiger partial charge in [-0.25, -0.2) is 14.6 Å². The molecule has 1 heterocycles. The number of rotatable bonds is 4. The van der Waals surface area contributed by atoms with Crippen molar-refractivity contribution in [3.05, 3.63) is 21.8 Å². The summed E-state index contributed by atoms with van der Waals surface area (Å²) in [5.41, 5.74) is 1.01. The summed E-state index contributed by atoms with van der Waals surface area (Å²) in [7, 11) is 2.58. The second kappa shape index (κ2) is 10.3. The maximum Gasteiger partial charge on any atom is 0.340 e. The number of esters is 2. The zero-order valence-electron chi connectivity index (χ0n) is 13.6. The largest absolute Gasteiger partial charge is 0.472 e. The number of halogens is 4. The van der Waals surface area contributed by atoms with Crippen molar-refractivity contribution in [1.29, 1.82) is 0 Å². The molecule has 1 unspecified atom stereocenters. The van der Waals surface area contributed by atoms with E-state index in [1.54, 1.807) is 0 Å². The van der Waals surface area contributed by atoms with Gasteiger partial charge in [0.05, 0.1) is 44.8 Å². The molecule has 11 heteroatoms. The van der Waals surface area contributed by atoms with E-state index in [0.717, 1.165) is 4.43 Å². The Morgan fingerprint density at radius 3 is 2.08 bits per heavy atom. The molecule has 2 rings (SSSR count). The number of hydrogen-bond donors (Lipinski definition) is 0. The average Bonchev–Trinajstić information content (AvgIpc) is 2.64. The molecule has 0 bridgehead atoms. The lowest BCUT2D eigenvalue weighted by molar-refractivity contribution is 0.0261. The molecule has 0 saturated carbocycles. The SMILES string of the molecule is COC(=O)c1c(I)c(N=C2COCC(CI)O2)c(I)c(C(=O)OC)c1I. The highest BCUT2D eigenvalue weighted by atomic mass is 127. The maximum absolute atomic E-state index is 12.3. The summed E-state index contributed by atoms with van der Waals surface area (Å²) >= 11 is 8.22. The number of hydrogen-bond acceptors (Lipinski definition) is 7. The van der Waals surface area contributed by atoms with Gasteiger partial charge >= 0.3 is 11.9 Å². The van der Waals surface area contributed by atoms with Crippen molar-refractivity contribution in [2.75, 3.05) is 31.9 Å². The predicted octanol–water partition coefficient (Wildman–Crippen LogP) is 3.95. The molecule has 1 aromatic rings. The summed E-state index contributed by atoms with van der Waals surface area (Å²) in [5, 5.41) is 0. The molecule has 1 atom stereocenters. The van der Waals surface area contributed by atoms with Crippen molar-refractivity contribution >= 4 is 114 Å². The highest BCUT2D eigenvalue weighted by Gasteiger charge is 2.29. The molecule has 0 amide bonds. The first-order valence-electron chi connectivity index (χ1n) is 7.10. The van der Waals surface area contributed by atoms with Crippen LogP contribution in [0.4, 0.5) is 5.69 Å². The number of benzene rings is 1. The highest BCUT2D eigenvalue weighted by Crippen LogP contribution is 2.38. The van der Waals surface area contributed by atoms with Gasteiger partial charge in [-0.05, 0) is 67.8 Å². The van der Waals surface area contributed by atoms with Crippen molar-refractivity contribution in [2.24, 2.45) is 4.99 Å². The maximum atomic E-state index is 12.3. The predicted molar refractivity (Wildman–Crippen MR) is 129 cm³/mol. The van der Waals surface area contributed by atoms with Crippen LogP contribution in [0, 0.1) is 10.7 Å². The Morgan fingerprint density at radius 2 is 1.62 bits per heavy atom. The van der Waals surface area contributed by atoms with Gasteiger partial charge in [0.1, 0.15) is 12.7 Å². The highest BCUT2D eigenvalue weighted by molar-refractivity contribution is 14.1. The second-order valence-corrected chi connectivity index (χ2v) is 9.06. The lowest BCUT2D eigenvalue weighted by Gasteiger charge is -2.24. The number of aliphatic imine (C=N–C) groups is 1. The van der Waals surface area contributed by atoms with E-state index in [2.05, 4.69) is 27.6 Å². The third-order valence-electron chi connectivity index (χ3n) is 3.31. The normalized spacial score (nSPS) is 18.4. The fourth-order valence-corrected chi connectivity index (χ4v) is 6.83. The average molecular weight is 811 g/mol. The van der Waals surface area contributed by atoms with Gasteiger partial charge in [-0.15, -0.1) is 0 Å². The van der Waals surface area contributed by atoms with Gasteiger partial charge in [-0.3, -0.25) is 0 Å². The Kier molecular flexibility index (Phi) is 9.06. The van der Waals surface area contributed by atoms with Crippen molar-refractivity contribution in [3.8, 4) is 0 Å². The number of carbonyl (C=O) groups excluding carboxylic acids is 2. The summed E-state index contributed by atoms with van der Waals surface area (Å²) in [6.07, 6.45) is -0.0811. The monoisotopic (exact) mass is 811 g/mol. The minimum Gasteiger partial charge on any atom is -0.472 e. The van der Waals surface area contributed by atoms with Gasteiger partial charge in [-0.2, -0.15) is 0 Å². The first kappa shape index (κ1) is 22.8. The molecule has 0 aromatic heterocycles. The van der Waals surface area contributed by atoms with Crippen LogP contribution in [0.25, 0.3) is 0 Å². The quantitative estimate of drug-likeness (QED) is 0.261. The van der Waals surface area contributed by atoms with E-state index in [4.69, 9.17) is 18.9 Å².